The number of ether oxygens (including phenoxy) is 2. The molecule has 0 fully saturated rings. The Morgan fingerprint density at radius 2 is 1.94 bits per heavy atom. The SMILES string of the molecule is COc1nc(OC(F)(F)F)c(S(=O)(=O)Cl)cc1I. The van der Waals surface area contributed by atoms with E-state index in [0.29, 0.717) is 0 Å². The molecule has 0 spiro atoms. The van der Waals surface area contributed by atoms with Crippen LogP contribution in [0.5, 0.6) is 11.8 Å². The molecule has 18 heavy (non-hydrogen) atoms. The van der Waals surface area contributed by atoms with Gasteiger partial charge < -0.3 is 9.47 Å². The number of hydrogen-bond donors (Lipinski definition) is 0. The van der Waals surface area contributed by atoms with Crippen LogP contribution in [0.2, 0.25) is 0 Å². The first-order valence-corrected chi connectivity index (χ1v) is 7.38. The third-order valence-electron chi connectivity index (χ3n) is 1.54. The van der Waals surface area contributed by atoms with Crippen LogP contribution in [-0.2, 0) is 9.05 Å². The van der Waals surface area contributed by atoms with Crippen molar-refractivity contribution >= 4 is 42.3 Å². The van der Waals surface area contributed by atoms with E-state index in [1.165, 1.54) is 0 Å². The predicted molar refractivity (Wildman–Crippen MR) is 63.2 cm³/mol. The lowest BCUT2D eigenvalue weighted by atomic mass is 10.4. The van der Waals surface area contributed by atoms with E-state index in [4.69, 9.17) is 10.7 Å². The fourth-order valence-electron chi connectivity index (χ4n) is 0.940. The lowest BCUT2D eigenvalue weighted by molar-refractivity contribution is -0.277. The minimum Gasteiger partial charge on any atom is -0.480 e. The number of pyridine rings is 1. The topological polar surface area (TPSA) is 65.5 Å². The minimum absolute atomic E-state index is 0.170. The van der Waals surface area contributed by atoms with Crippen LogP contribution < -0.4 is 9.47 Å². The van der Waals surface area contributed by atoms with Crippen molar-refractivity contribution in [3.05, 3.63) is 9.64 Å². The molecule has 0 N–H and O–H groups in total. The fourth-order valence-corrected chi connectivity index (χ4v) is 2.69. The van der Waals surface area contributed by atoms with Crippen LogP contribution in [0.15, 0.2) is 11.0 Å². The molecule has 0 unspecified atom stereocenters. The molecule has 0 saturated heterocycles. The van der Waals surface area contributed by atoms with E-state index in [9.17, 15) is 21.6 Å². The third-order valence-corrected chi connectivity index (χ3v) is 3.63. The number of methoxy groups -OCH3 is 1. The summed E-state index contributed by atoms with van der Waals surface area (Å²) >= 11 is 1.63. The van der Waals surface area contributed by atoms with Gasteiger partial charge in [0.25, 0.3) is 9.05 Å². The number of rotatable bonds is 3. The lowest BCUT2D eigenvalue weighted by Gasteiger charge is -2.12. The van der Waals surface area contributed by atoms with Crippen molar-refractivity contribution in [3.63, 3.8) is 0 Å². The molecule has 0 atom stereocenters. The van der Waals surface area contributed by atoms with Gasteiger partial charge in [-0.2, -0.15) is 4.98 Å². The van der Waals surface area contributed by atoms with Crippen molar-refractivity contribution in [2.24, 2.45) is 0 Å². The van der Waals surface area contributed by atoms with Crippen molar-refractivity contribution in [2.45, 2.75) is 11.3 Å². The third kappa shape index (κ3) is 4.02. The van der Waals surface area contributed by atoms with Crippen molar-refractivity contribution in [1.82, 2.24) is 4.98 Å². The second-order valence-electron chi connectivity index (χ2n) is 2.77. The molecule has 0 radical (unpaired) electrons. The summed E-state index contributed by atoms with van der Waals surface area (Å²) in [7, 11) is 1.74. The van der Waals surface area contributed by atoms with Gasteiger partial charge in [-0.15, -0.1) is 13.2 Å². The molecule has 0 amide bonds. The van der Waals surface area contributed by atoms with E-state index < -0.39 is 26.2 Å². The zero-order valence-corrected chi connectivity index (χ0v) is 12.2. The van der Waals surface area contributed by atoms with Crippen molar-refractivity contribution in [3.8, 4) is 11.8 Å². The van der Waals surface area contributed by atoms with Gasteiger partial charge in [0.15, 0.2) is 0 Å². The van der Waals surface area contributed by atoms with Crippen LogP contribution in [0.25, 0.3) is 0 Å². The Morgan fingerprint density at radius 1 is 1.39 bits per heavy atom. The molecule has 102 valence electrons. The zero-order valence-electron chi connectivity index (χ0n) is 8.46. The quantitative estimate of drug-likeness (QED) is 0.559. The molecule has 1 rings (SSSR count). The second kappa shape index (κ2) is 5.25. The van der Waals surface area contributed by atoms with E-state index >= 15 is 0 Å². The van der Waals surface area contributed by atoms with Gasteiger partial charge in [-0.1, -0.05) is 0 Å². The lowest BCUT2D eigenvalue weighted by Crippen LogP contribution is -2.19. The Kier molecular flexibility index (Phi) is 4.54. The summed E-state index contributed by atoms with van der Waals surface area (Å²) in [6, 6.07) is 0.871. The molecule has 0 aliphatic carbocycles. The summed E-state index contributed by atoms with van der Waals surface area (Å²) in [5, 5.41) is 0. The minimum atomic E-state index is -5.10. The van der Waals surface area contributed by atoms with Crippen LogP contribution in [0.3, 0.4) is 0 Å². The monoisotopic (exact) mass is 417 g/mol. The van der Waals surface area contributed by atoms with Gasteiger partial charge in [-0.3, -0.25) is 0 Å². The van der Waals surface area contributed by atoms with Crippen molar-refractivity contribution < 1.29 is 31.1 Å². The highest BCUT2D eigenvalue weighted by molar-refractivity contribution is 14.1. The summed E-state index contributed by atoms with van der Waals surface area (Å²) < 4.78 is 66.9. The highest BCUT2D eigenvalue weighted by Crippen LogP contribution is 2.34. The molecule has 0 aromatic carbocycles. The zero-order chi connectivity index (χ0) is 14.1. The van der Waals surface area contributed by atoms with Crippen LogP contribution in [0, 0.1) is 3.57 Å². The molecule has 0 bridgehead atoms. The maximum Gasteiger partial charge on any atom is 0.574 e. The van der Waals surface area contributed by atoms with Crippen LogP contribution in [0.1, 0.15) is 0 Å². The molecule has 11 heteroatoms. The summed E-state index contributed by atoms with van der Waals surface area (Å²) in [5.74, 6) is -1.39. The Balaban J connectivity index is 3.45. The molecular formula is C7H4ClF3INO4S. The Bertz CT molecular complexity index is 563. The van der Waals surface area contributed by atoms with Crippen LogP contribution in [-0.4, -0.2) is 26.9 Å². The number of nitrogens with zero attached hydrogens (tertiary/aromatic N) is 1. The Morgan fingerprint density at radius 3 is 2.33 bits per heavy atom. The standard InChI is InChI=1S/C7H4ClF3INO4S/c1-16-5-3(12)2-4(18(8,14)15)6(13-5)17-7(9,10)11/h2H,1H3. The molecule has 1 aromatic heterocycles. The van der Waals surface area contributed by atoms with Gasteiger partial charge in [-0.25, -0.2) is 8.42 Å². The van der Waals surface area contributed by atoms with E-state index in [-0.39, 0.29) is 9.45 Å². The maximum atomic E-state index is 12.1. The first-order chi connectivity index (χ1) is 8.04. The van der Waals surface area contributed by atoms with Gasteiger partial charge in [0.05, 0.1) is 10.7 Å². The van der Waals surface area contributed by atoms with Gasteiger partial charge in [-0.05, 0) is 28.7 Å². The molecular weight excluding hydrogens is 413 g/mol. The van der Waals surface area contributed by atoms with E-state index in [1.807, 2.05) is 0 Å². The molecule has 1 aromatic rings. The highest BCUT2D eigenvalue weighted by atomic mass is 127. The Labute approximate surface area is 118 Å². The number of aromatic nitrogens is 1. The average Bonchev–Trinajstić information content (AvgIpc) is 2.16. The van der Waals surface area contributed by atoms with Gasteiger partial charge in [0, 0.05) is 10.7 Å². The number of hydrogen-bond acceptors (Lipinski definition) is 5. The largest absolute Gasteiger partial charge is 0.574 e. The molecule has 1 heterocycles. The van der Waals surface area contributed by atoms with E-state index in [2.05, 4.69) is 14.5 Å². The number of halogens is 5. The summed E-state index contributed by atoms with van der Waals surface area (Å²) in [4.78, 5) is 2.42. The first kappa shape index (κ1) is 15.6. The first-order valence-electron chi connectivity index (χ1n) is 3.99. The summed E-state index contributed by atoms with van der Waals surface area (Å²) in [6.07, 6.45) is -5.10. The predicted octanol–water partition coefficient (Wildman–Crippen LogP) is 2.52. The van der Waals surface area contributed by atoms with Crippen molar-refractivity contribution in [2.75, 3.05) is 7.11 Å². The van der Waals surface area contributed by atoms with Gasteiger partial charge in [0.1, 0.15) is 4.90 Å². The molecule has 0 aliphatic heterocycles. The van der Waals surface area contributed by atoms with Gasteiger partial charge >= 0.3 is 6.36 Å². The fraction of sp³-hybridized carbons (Fsp3) is 0.286. The molecule has 0 aliphatic rings. The van der Waals surface area contributed by atoms with E-state index in [0.717, 1.165) is 13.2 Å². The summed E-state index contributed by atoms with van der Waals surface area (Å²) in [6.45, 7) is 0. The number of alkyl halides is 3. The van der Waals surface area contributed by atoms with Crippen LogP contribution in [0.4, 0.5) is 13.2 Å². The molecule has 0 saturated carbocycles. The molecule has 5 nitrogen and oxygen atoms in total. The smallest absolute Gasteiger partial charge is 0.480 e. The van der Waals surface area contributed by atoms with Gasteiger partial charge in [0.2, 0.25) is 11.8 Å². The average molecular weight is 418 g/mol. The normalized spacial score (nSPS) is 12.3. The Hall–Kier alpha value is -0.490. The summed E-state index contributed by atoms with van der Waals surface area (Å²) in [5.41, 5.74) is 0. The highest BCUT2D eigenvalue weighted by Gasteiger charge is 2.35. The second-order valence-corrected chi connectivity index (χ2v) is 6.46. The van der Waals surface area contributed by atoms with Crippen molar-refractivity contribution in [1.29, 1.82) is 0 Å². The maximum absolute atomic E-state index is 12.1. The van der Waals surface area contributed by atoms with Crippen LogP contribution >= 0.6 is 33.3 Å². The van der Waals surface area contributed by atoms with E-state index in [1.54, 1.807) is 22.6 Å².